The van der Waals surface area contributed by atoms with Crippen molar-refractivity contribution in [1.82, 2.24) is 5.32 Å². The fourth-order valence-electron chi connectivity index (χ4n) is 1.50. The molecule has 106 valence electrons. The second-order valence-corrected chi connectivity index (χ2v) is 4.39. The summed E-state index contributed by atoms with van der Waals surface area (Å²) in [6.07, 6.45) is -4.02. The van der Waals surface area contributed by atoms with Crippen LogP contribution in [0.25, 0.3) is 0 Å². The van der Waals surface area contributed by atoms with Gasteiger partial charge in [-0.3, -0.25) is 4.79 Å². The lowest BCUT2D eigenvalue weighted by molar-refractivity contribution is -0.138. The molecular formula is C12H13ClF3NO2. The highest BCUT2D eigenvalue weighted by Crippen LogP contribution is 2.35. The number of nitrogens with one attached hydrogen (secondary N) is 1. The average Bonchev–Trinajstić information content (AvgIpc) is 2.28. The largest absolute Gasteiger partial charge is 0.481 e. The molecule has 0 heterocycles. The van der Waals surface area contributed by atoms with Crippen LogP contribution in [0.5, 0.6) is 0 Å². The summed E-state index contributed by atoms with van der Waals surface area (Å²) in [5.41, 5.74) is -0.411. The minimum atomic E-state index is -4.48. The first-order valence-corrected chi connectivity index (χ1v) is 5.96. The Balaban J connectivity index is 2.53. The molecule has 19 heavy (non-hydrogen) atoms. The highest BCUT2D eigenvalue weighted by molar-refractivity contribution is 6.31. The number of hydrogen-bond donors (Lipinski definition) is 2. The normalized spacial score (nSPS) is 11.6. The van der Waals surface area contributed by atoms with Crippen molar-refractivity contribution in [3.8, 4) is 0 Å². The van der Waals surface area contributed by atoms with Crippen LogP contribution in [-0.4, -0.2) is 17.6 Å². The number of rotatable bonds is 6. The van der Waals surface area contributed by atoms with E-state index in [2.05, 4.69) is 5.32 Å². The van der Waals surface area contributed by atoms with Gasteiger partial charge in [0.05, 0.1) is 10.6 Å². The summed E-state index contributed by atoms with van der Waals surface area (Å²) in [6.45, 7) is 0.663. The molecule has 7 heteroatoms. The molecule has 1 rings (SSSR count). The van der Waals surface area contributed by atoms with E-state index in [-0.39, 0.29) is 18.0 Å². The van der Waals surface area contributed by atoms with Gasteiger partial charge in [-0.1, -0.05) is 17.7 Å². The third kappa shape index (κ3) is 5.48. The van der Waals surface area contributed by atoms with E-state index >= 15 is 0 Å². The van der Waals surface area contributed by atoms with E-state index in [9.17, 15) is 18.0 Å². The Morgan fingerprint density at radius 3 is 2.63 bits per heavy atom. The summed E-state index contributed by atoms with van der Waals surface area (Å²) >= 11 is 5.49. The lowest BCUT2D eigenvalue weighted by Crippen LogP contribution is -2.16. The number of carboxylic acid groups (broad SMARTS) is 1. The first-order chi connectivity index (χ1) is 8.80. The van der Waals surface area contributed by atoms with Gasteiger partial charge in [0.1, 0.15) is 0 Å². The van der Waals surface area contributed by atoms with Gasteiger partial charge in [-0.25, -0.2) is 0 Å². The van der Waals surface area contributed by atoms with Crippen LogP contribution < -0.4 is 5.32 Å². The first kappa shape index (κ1) is 15.8. The zero-order valence-corrected chi connectivity index (χ0v) is 10.7. The molecular weight excluding hydrogens is 283 g/mol. The Morgan fingerprint density at radius 1 is 1.37 bits per heavy atom. The van der Waals surface area contributed by atoms with E-state index in [4.69, 9.17) is 16.7 Å². The smallest absolute Gasteiger partial charge is 0.417 e. The molecule has 0 radical (unpaired) electrons. The summed E-state index contributed by atoms with van der Waals surface area (Å²) < 4.78 is 37.8. The predicted octanol–water partition coefficient (Wildman–Crippen LogP) is 3.31. The molecule has 0 aliphatic heterocycles. The Bertz CT molecular complexity index is 449. The molecule has 0 saturated carbocycles. The van der Waals surface area contributed by atoms with E-state index in [0.29, 0.717) is 18.5 Å². The van der Waals surface area contributed by atoms with Crippen LogP contribution in [-0.2, 0) is 17.5 Å². The van der Waals surface area contributed by atoms with Crippen LogP contribution in [0.3, 0.4) is 0 Å². The molecule has 0 atom stereocenters. The number of aliphatic carboxylic acids is 1. The van der Waals surface area contributed by atoms with Gasteiger partial charge in [0, 0.05) is 13.0 Å². The average molecular weight is 296 g/mol. The molecule has 0 aromatic heterocycles. The first-order valence-electron chi connectivity index (χ1n) is 5.59. The molecule has 3 nitrogen and oxygen atoms in total. The molecule has 0 fully saturated rings. The van der Waals surface area contributed by atoms with Gasteiger partial charge in [0.25, 0.3) is 0 Å². The molecule has 0 aliphatic carbocycles. The molecule has 0 unspecified atom stereocenters. The molecule has 0 bridgehead atoms. The van der Waals surface area contributed by atoms with Crippen LogP contribution in [0.4, 0.5) is 13.2 Å². The van der Waals surface area contributed by atoms with Gasteiger partial charge < -0.3 is 10.4 Å². The minimum absolute atomic E-state index is 0.0292. The molecule has 2 N–H and O–H groups in total. The van der Waals surface area contributed by atoms with Gasteiger partial charge >= 0.3 is 12.1 Å². The van der Waals surface area contributed by atoms with Crippen molar-refractivity contribution in [2.45, 2.75) is 25.6 Å². The van der Waals surface area contributed by atoms with Gasteiger partial charge in [-0.15, -0.1) is 0 Å². The van der Waals surface area contributed by atoms with Gasteiger partial charge in [0.15, 0.2) is 0 Å². The number of carbonyl (C=O) groups is 1. The van der Waals surface area contributed by atoms with Gasteiger partial charge in [-0.05, 0) is 30.7 Å². The van der Waals surface area contributed by atoms with Crippen LogP contribution in [0.2, 0.25) is 5.02 Å². The maximum atomic E-state index is 12.6. The summed E-state index contributed by atoms with van der Waals surface area (Å²) in [6, 6.07) is 3.70. The van der Waals surface area contributed by atoms with Crippen LogP contribution >= 0.6 is 11.6 Å². The van der Waals surface area contributed by atoms with Crippen LogP contribution in [0.15, 0.2) is 18.2 Å². The van der Waals surface area contributed by atoms with Crippen LogP contribution in [0, 0.1) is 0 Å². The zero-order valence-electron chi connectivity index (χ0n) is 9.93. The van der Waals surface area contributed by atoms with Crippen LogP contribution in [0.1, 0.15) is 24.0 Å². The van der Waals surface area contributed by atoms with E-state index in [1.54, 1.807) is 0 Å². The quantitative estimate of drug-likeness (QED) is 0.792. The van der Waals surface area contributed by atoms with Crippen molar-refractivity contribution < 1.29 is 23.1 Å². The lowest BCUT2D eigenvalue weighted by atomic mass is 10.1. The fraction of sp³-hybridized carbons (Fsp3) is 0.417. The second kappa shape index (κ2) is 6.77. The summed E-state index contributed by atoms with van der Waals surface area (Å²) in [7, 11) is 0. The second-order valence-electron chi connectivity index (χ2n) is 3.99. The van der Waals surface area contributed by atoms with Crippen molar-refractivity contribution in [2.24, 2.45) is 0 Å². The minimum Gasteiger partial charge on any atom is -0.481 e. The summed E-state index contributed by atoms with van der Waals surface area (Å²) in [4.78, 5) is 10.3. The van der Waals surface area contributed by atoms with E-state index in [1.807, 2.05) is 0 Å². The van der Waals surface area contributed by atoms with E-state index in [1.165, 1.54) is 12.1 Å². The van der Waals surface area contributed by atoms with Crippen molar-refractivity contribution in [3.05, 3.63) is 34.3 Å². The third-order valence-corrected chi connectivity index (χ3v) is 2.74. The predicted molar refractivity (Wildman–Crippen MR) is 65.0 cm³/mol. The Hall–Kier alpha value is -1.27. The topological polar surface area (TPSA) is 49.3 Å². The Labute approximate surface area is 113 Å². The molecule has 0 saturated heterocycles. The number of halogens is 4. The van der Waals surface area contributed by atoms with Crippen molar-refractivity contribution in [3.63, 3.8) is 0 Å². The zero-order chi connectivity index (χ0) is 14.5. The maximum absolute atomic E-state index is 12.6. The lowest BCUT2D eigenvalue weighted by Gasteiger charge is -2.11. The standard InChI is InChI=1S/C12H13ClF3NO2/c13-10-4-3-8(6-9(10)12(14,15)16)7-17-5-1-2-11(18)19/h3-4,6,17H,1-2,5,7H2,(H,18,19). The number of carboxylic acids is 1. The molecule has 0 spiro atoms. The van der Waals surface area contributed by atoms with Crippen molar-refractivity contribution in [2.75, 3.05) is 6.54 Å². The highest BCUT2D eigenvalue weighted by Gasteiger charge is 2.33. The number of benzene rings is 1. The third-order valence-electron chi connectivity index (χ3n) is 2.41. The fourth-order valence-corrected chi connectivity index (χ4v) is 1.72. The molecule has 0 amide bonds. The van der Waals surface area contributed by atoms with Crippen molar-refractivity contribution in [1.29, 1.82) is 0 Å². The maximum Gasteiger partial charge on any atom is 0.417 e. The molecule has 1 aromatic carbocycles. The van der Waals surface area contributed by atoms with E-state index < -0.39 is 17.7 Å². The number of hydrogen-bond acceptors (Lipinski definition) is 2. The summed E-state index contributed by atoms with van der Waals surface area (Å²) in [5, 5.41) is 11.0. The molecule has 1 aromatic rings. The van der Waals surface area contributed by atoms with Crippen molar-refractivity contribution >= 4 is 17.6 Å². The van der Waals surface area contributed by atoms with E-state index in [0.717, 1.165) is 6.07 Å². The van der Waals surface area contributed by atoms with Gasteiger partial charge in [0.2, 0.25) is 0 Å². The Morgan fingerprint density at radius 2 is 2.05 bits per heavy atom. The SMILES string of the molecule is O=C(O)CCCNCc1ccc(Cl)c(C(F)(F)F)c1. The van der Waals surface area contributed by atoms with Gasteiger partial charge in [-0.2, -0.15) is 13.2 Å². The Kier molecular flexibility index (Phi) is 5.62. The molecule has 0 aliphatic rings. The monoisotopic (exact) mass is 295 g/mol. The highest BCUT2D eigenvalue weighted by atomic mass is 35.5. The number of alkyl halides is 3. The summed E-state index contributed by atoms with van der Waals surface area (Å²) in [5.74, 6) is -0.896.